The van der Waals surface area contributed by atoms with Gasteiger partial charge in [0.2, 0.25) is 0 Å². The first-order valence-corrected chi connectivity index (χ1v) is 10.2. The summed E-state index contributed by atoms with van der Waals surface area (Å²) in [5.41, 5.74) is 2.67. The summed E-state index contributed by atoms with van der Waals surface area (Å²) < 4.78 is 1.88. The first-order valence-electron chi connectivity index (χ1n) is 10.2. The Morgan fingerprint density at radius 2 is 2.11 bits per heavy atom. The maximum absolute atomic E-state index is 4.53. The zero-order valence-corrected chi connectivity index (χ0v) is 17.7. The van der Waals surface area contributed by atoms with Crippen LogP contribution in [0.5, 0.6) is 0 Å². The van der Waals surface area contributed by atoms with Crippen molar-refractivity contribution >= 4 is 5.96 Å². The maximum Gasteiger partial charge on any atom is 0.193 e. The maximum atomic E-state index is 4.53. The van der Waals surface area contributed by atoms with Crippen LogP contribution in [0.25, 0.3) is 0 Å². The Kier molecular flexibility index (Phi) is 7.09. The summed E-state index contributed by atoms with van der Waals surface area (Å²) in [4.78, 5) is 9.30. The molecule has 2 heterocycles. The van der Waals surface area contributed by atoms with E-state index in [-0.39, 0.29) is 0 Å². The molecule has 1 fully saturated rings. The molecule has 6 nitrogen and oxygen atoms in total. The average Bonchev–Trinajstić information content (AvgIpc) is 3.32. The number of hydrogen-bond acceptors (Lipinski definition) is 3. The number of nitrogens with zero attached hydrogens (tertiary/aromatic N) is 5. The third-order valence-corrected chi connectivity index (χ3v) is 5.66. The second kappa shape index (κ2) is 9.73. The van der Waals surface area contributed by atoms with Gasteiger partial charge in [0, 0.05) is 52.5 Å². The predicted molar refractivity (Wildman–Crippen MR) is 115 cm³/mol. The number of hydrogen-bond donors (Lipinski definition) is 1. The van der Waals surface area contributed by atoms with Gasteiger partial charge in [-0.05, 0) is 43.9 Å². The van der Waals surface area contributed by atoms with Crippen LogP contribution in [0.1, 0.15) is 24.5 Å². The molecule has 1 saturated heterocycles. The second-order valence-corrected chi connectivity index (χ2v) is 8.00. The lowest BCUT2D eigenvalue weighted by Crippen LogP contribution is -2.46. The second-order valence-electron chi connectivity index (χ2n) is 8.00. The smallest absolute Gasteiger partial charge is 0.193 e. The van der Waals surface area contributed by atoms with Gasteiger partial charge in [0.1, 0.15) is 0 Å². The zero-order chi connectivity index (χ0) is 19.9. The first kappa shape index (κ1) is 20.4. The standard InChI is InChI=1S/C22H34N6/c1-18(26(3)15-19-8-6-5-7-9-19)13-24-22(23-2)28-11-10-20(17-28)12-21-14-25-27(4)16-21/h5-9,14,16,18,20H,10-13,15,17H2,1-4H3,(H,23,24). The normalized spacial score (nSPS) is 18.7. The Morgan fingerprint density at radius 3 is 2.79 bits per heavy atom. The fourth-order valence-electron chi connectivity index (χ4n) is 3.86. The summed E-state index contributed by atoms with van der Waals surface area (Å²) in [6, 6.07) is 11.1. The summed E-state index contributed by atoms with van der Waals surface area (Å²) >= 11 is 0. The molecule has 0 saturated carbocycles. The van der Waals surface area contributed by atoms with E-state index in [1.165, 1.54) is 17.5 Å². The van der Waals surface area contributed by atoms with Crippen molar-refractivity contribution in [2.45, 2.75) is 32.4 Å². The van der Waals surface area contributed by atoms with Crippen LogP contribution < -0.4 is 5.32 Å². The molecule has 6 heteroatoms. The van der Waals surface area contributed by atoms with Gasteiger partial charge in [0.15, 0.2) is 5.96 Å². The van der Waals surface area contributed by atoms with Crippen LogP contribution in [0.2, 0.25) is 0 Å². The molecule has 1 N–H and O–H groups in total. The lowest BCUT2D eigenvalue weighted by molar-refractivity contribution is 0.247. The van der Waals surface area contributed by atoms with E-state index in [1.807, 2.05) is 25.0 Å². The summed E-state index contributed by atoms with van der Waals surface area (Å²) in [7, 11) is 6.04. The van der Waals surface area contributed by atoms with Crippen LogP contribution >= 0.6 is 0 Å². The number of aliphatic imine (C=N–C) groups is 1. The minimum atomic E-state index is 0.422. The molecule has 2 aromatic rings. The van der Waals surface area contributed by atoms with Gasteiger partial charge in [-0.25, -0.2) is 0 Å². The summed E-state index contributed by atoms with van der Waals surface area (Å²) in [6.07, 6.45) is 6.41. The van der Waals surface area contributed by atoms with Crippen molar-refractivity contribution in [3.63, 3.8) is 0 Å². The summed E-state index contributed by atoms with van der Waals surface area (Å²) in [5, 5.41) is 7.87. The van der Waals surface area contributed by atoms with E-state index < -0.39 is 0 Å². The van der Waals surface area contributed by atoms with Crippen molar-refractivity contribution in [1.29, 1.82) is 0 Å². The van der Waals surface area contributed by atoms with Crippen LogP contribution in [-0.4, -0.2) is 65.3 Å². The number of rotatable bonds is 7. The highest BCUT2D eigenvalue weighted by atomic mass is 15.3. The highest BCUT2D eigenvalue weighted by Gasteiger charge is 2.25. The first-order chi connectivity index (χ1) is 13.5. The fourth-order valence-corrected chi connectivity index (χ4v) is 3.86. The highest BCUT2D eigenvalue weighted by Crippen LogP contribution is 2.20. The SMILES string of the molecule is CN=C(NCC(C)N(C)Cc1ccccc1)N1CCC(Cc2cnn(C)c2)C1. The van der Waals surface area contributed by atoms with Gasteiger partial charge in [-0.15, -0.1) is 0 Å². The van der Waals surface area contributed by atoms with E-state index in [2.05, 4.69) is 75.7 Å². The molecule has 28 heavy (non-hydrogen) atoms. The number of guanidine groups is 1. The molecular weight excluding hydrogens is 348 g/mol. The molecule has 1 aromatic heterocycles. The van der Waals surface area contributed by atoms with Crippen molar-refractivity contribution in [2.75, 3.05) is 33.7 Å². The van der Waals surface area contributed by atoms with Crippen LogP contribution in [0.4, 0.5) is 0 Å². The van der Waals surface area contributed by atoms with Crippen molar-refractivity contribution in [3.8, 4) is 0 Å². The van der Waals surface area contributed by atoms with Gasteiger partial charge >= 0.3 is 0 Å². The lowest BCUT2D eigenvalue weighted by atomic mass is 10.0. The van der Waals surface area contributed by atoms with Gasteiger partial charge in [-0.2, -0.15) is 5.10 Å². The van der Waals surface area contributed by atoms with Crippen LogP contribution in [0, 0.1) is 5.92 Å². The Hall–Kier alpha value is -2.34. The molecule has 0 radical (unpaired) electrons. The lowest BCUT2D eigenvalue weighted by Gasteiger charge is -2.28. The van der Waals surface area contributed by atoms with Crippen molar-refractivity contribution in [1.82, 2.24) is 24.9 Å². The molecule has 0 aliphatic carbocycles. The molecule has 3 rings (SSSR count). The Labute approximate surface area is 169 Å². The van der Waals surface area contributed by atoms with E-state index in [0.29, 0.717) is 12.0 Å². The van der Waals surface area contributed by atoms with Crippen LogP contribution in [-0.2, 0) is 20.0 Å². The van der Waals surface area contributed by atoms with Gasteiger partial charge < -0.3 is 10.2 Å². The highest BCUT2D eigenvalue weighted by molar-refractivity contribution is 5.80. The minimum Gasteiger partial charge on any atom is -0.355 e. The zero-order valence-electron chi connectivity index (χ0n) is 17.7. The topological polar surface area (TPSA) is 48.7 Å². The molecular formula is C22H34N6. The van der Waals surface area contributed by atoms with E-state index in [1.54, 1.807) is 0 Å². The van der Waals surface area contributed by atoms with E-state index in [0.717, 1.165) is 38.6 Å². The Balaban J connectivity index is 1.45. The molecule has 2 unspecified atom stereocenters. The number of likely N-dealkylation sites (N-methyl/N-ethyl adjacent to an activating group) is 1. The minimum absolute atomic E-state index is 0.422. The Morgan fingerprint density at radius 1 is 1.32 bits per heavy atom. The Bertz CT molecular complexity index is 753. The number of aryl methyl sites for hydroxylation is 1. The van der Waals surface area contributed by atoms with Crippen LogP contribution in [0.15, 0.2) is 47.7 Å². The fraction of sp³-hybridized carbons (Fsp3) is 0.545. The van der Waals surface area contributed by atoms with E-state index >= 15 is 0 Å². The van der Waals surface area contributed by atoms with Gasteiger partial charge in [-0.1, -0.05) is 30.3 Å². The van der Waals surface area contributed by atoms with Crippen molar-refractivity contribution < 1.29 is 0 Å². The quantitative estimate of drug-likeness (QED) is 0.590. The third-order valence-electron chi connectivity index (χ3n) is 5.66. The molecule has 1 aromatic carbocycles. The van der Waals surface area contributed by atoms with E-state index in [9.17, 15) is 0 Å². The number of nitrogens with one attached hydrogen (secondary N) is 1. The summed E-state index contributed by atoms with van der Waals surface area (Å²) in [5.74, 6) is 1.69. The molecule has 0 spiro atoms. The average molecular weight is 383 g/mol. The number of benzene rings is 1. The largest absolute Gasteiger partial charge is 0.355 e. The molecule has 1 aliphatic heterocycles. The van der Waals surface area contributed by atoms with Crippen LogP contribution in [0.3, 0.4) is 0 Å². The molecule has 0 amide bonds. The van der Waals surface area contributed by atoms with Gasteiger partial charge in [0.05, 0.1) is 6.20 Å². The number of aromatic nitrogens is 2. The summed E-state index contributed by atoms with van der Waals surface area (Å²) in [6.45, 7) is 6.24. The molecule has 0 bridgehead atoms. The van der Waals surface area contributed by atoms with Crippen molar-refractivity contribution in [3.05, 3.63) is 53.9 Å². The van der Waals surface area contributed by atoms with Crippen molar-refractivity contribution in [2.24, 2.45) is 18.0 Å². The monoisotopic (exact) mass is 382 g/mol. The van der Waals surface area contributed by atoms with Gasteiger partial charge in [-0.3, -0.25) is 14.6 Å². The molecule has 2 atom stereocenters. The van der Waals surface area contributed by atoms with E-state index in [4.69, 9.17) is 0 Å². The van der Waals surface area contributed by atoms with Gasteiger partial charge in [0.25, 0.3) is 0 Å². The number of likely N-dealkylation sites (tertiary alicyclic amines) is 1. The third kappa shape index (κ3) is 5.58. The predicted octanol–water partition coefficient (Wildman–Crippen LogP) is 2.38. The molecule has 152 valence electrons. The molecule has 1 aliphatic rings.